The first-order chi connectivity index (χ1) is 9.60. The van der Waals surface area contributed by atoms with Crippen LogP contribution in [0.1, 0.15) is 38.3 Å². The van der Waals surface area contributed by atoms with Crippen LogP contribution in [0.15, 0.2) is 0 Å². The van der Waals surface area contributed by atoms with Crippen LogP contribution in [0.25, 0.3) is 0 Å². The molecule has 1 N–H and O–H groups in total. The smallest absolute Gasteiger partial charge is 0.333 e. The molecule has 3 atom stereocenters. The van der Waals surface area contributed by atoms with Gasteiger partial charge >= 0.3 is 5.69 Å². The summed E-state index contributed by atoms with van der Waals surface area (Å²) in [6.07, 6.45) is 4.47. The molecule has 2 fully saturated rings. The molecule has 2 saturated heterocycles. The summed E-state index contributed by atoms with van der Waals surface area (Å²) in [7, 11) is 0. The van der Waals surface area contributed by atoms with Gasteiger partial charge in [-0.25, -0.2) is 4.68 Å². The van der Waals surface area contributed by atoms with Crippen LogP contribution in [-0.2, 0) is 11.3 Å². The zero-order valence-corrected chi connectivity index (χ0v) is 11.8. The Hall–Kier alpha value is -1.63. The molecule has 7 heteroatoms. The van der Waals surface area contributed by atoms with E-state index in [1.54, 1.807) is 11.6 Å². The van der Waals surface area contributed by atoms with Gasteiger partial charge in [-0.2, -0.15) is 5.10 Å². The van der Waals surface area contributed by atoms with Crippen LogP contribution in [0, 0.1) is 17.0 Å². The van der Waals surface area contributed by atoms with Gasteiger partial charge in [0, 0.05) is 6.54 Å². The third-order valence-electron chi connectivity index (χ3n) is 4.14. The number of hydrogen-bond donors (Lipinski definition) is 1. The summed E-state index contributed by atoms with van der Waals surface area (Å²) in [5, 5.41) is 18.9. The molecule has 2 bridgehead atoms. The summed E-state index contributed by atoms with van der Waals surface area (Å²) in [5.41, 5.74) is 0.566. The lowest BCUT2D eigenvalue weighted by Gasteiger charge is -2.21. The van der Waals surface area contributed by atoms with Crippen molar-refractivity contribution in [1.82, 2.24) is 9.78 Å². The molecule has 0 saturated carbocycles. The van der Waals surface area contributed by atoms with Crippen molar-refractivity contribution < 1.29 is 9.66 Å². The van der Waals surface area contributed by atoms with E-state index >= 15 is 0 Å². The second kappa shape index (κ2) is 5.05. The zero-order valence-electron chi connectivity index (χ0n) is 11.8. The van der Waals surface area contributed by atoms with E-state index in [2.05, 4.69) is 10.4 Å². The van der Waals surface area contributed by atoms with E-state index in [1.165, 1.54) is 0 Å². The highest BCUT2D eigenvalue weighted by Crippen LogP contribution is 2.38. The highest BCUT2D eigenvalue weighted by atomic mass is 16.6. The van der Waals surface area contributed by atoms with Gasteiger partial charge in [0.05, 0.1) is 23.2 Å². The Bertz CT molecular complexity index is 528. The number of hydrogen-bond acceptors (Lipinski definition) is 5. The Labute approximate surface area is 117 Å². The maximum atomic E-state index is 11.3. The third kappa shape index (κ3) is 2.15. The molecule has 0 spiro atoms. The highest BCUT2D eigenvalue weighted by Gasteiger charge is 2.42. The van der Waals surface area contributed by atoms with E-state index in [0.29, 0.717) is 24.2 Å². The second-order valence-corrected chi connectivity index (χ2v) is 5.62. The number of aromatic nitrogens is 2. The van der Waals surface area contributed by atoms with Crippen molar-refractivity contribution >= 4 is 11.5 Å². The van der Waals surface area contributed by atoms with Crippen molar-refractivity contribution in [3.63, 3.8) is 0 Å². The summed E-state index contributed by atoms with van der Waals surface area (Å²) in [4.78, 5) is 10.9. The van der Waals surface area contributed by atoms with Crippen LogP contribution in [0.5, 0.6) is 0 Å². The first kappa shape index (κ1) is 13.4. The molecule has 7 nitrogen and oxygen atoms in total. The summed E-state index contributed by atoms with van der Waals surface area (Å²) >= 11 is 0. The van der Waals surface area contributed by atoms with Gasteiger partial charge in [0.2, 0.25) is 5.82 Å². The molecular weight excluding hydrogens is 260 g/mol. The molecule has 1 aromatic rings. The topological polar surface area (TPSA) is 82.2 Å². The molecular formula is C13H20N4O3. The van der Waals surface area contributed by atoms with Crippen molar-refractivity contribution in [3.05, 3.63) is 15.8 Å². The van der Waals surface area contributed by atoms with E-state index in [1.807, 2.05) is 6.92 Å². The van der Waals surface area contributed by atoms with E-state index < -0.39 is 0 Å². The number of nitrogens with zero attached hydrogens (tertiary/aromatic N) is 3. The zero-order chi connectivity index (χ0) is 14.3. The lowest BCUT2D eigenvalue weighted by Crippen LogP contribution is -2.31. The summed E-state index contributed by atoms with van der Waals surface area (Å²) in [6, 6.07) is 0.166. The van der Waals surface area contributed by atoms with Crippen LogP contribution in [0.3, 0.4) is 0 Å². The fraction of sp³-hybridized carbons (Fsp3) is 0.769. The number of nitrogens with one attached hydrogen (secondary N) is 1. The lowest BCUT2D eigenvalue weighted by molar-refractivity contribution is -0.384. The molecule has 2 aliphatic rings. The predicted octanol–water partition coefficient (Wildman–Crippen LogP) is 2.24. The van der Waals surface area contributed by atoms with Gasteiger partial charge in [0.15, 0.2) is 0 Å². The molecule has 3 unspecified atom stereocenters. The minimum atomic E-state index is -0.342. The Balaban J connectivity index is 1.88. The third-order valence-corrected chi connectivity index (χ3v) is 4.14. The number of nitro groups is 1. The number of anilines is 1. The highest BCUT2D eigenvalue weighted by molar-refractivity contribution is 5.60. The van der Waals surface area contributed by atoms with Crippen LogP contribution in [-0.4, -0.2) is 33.0 Å². The van der Waals surface area contributed by atoms with Crippen molar-refractivity contribution in [2.75, 3.05) is 5.32 Å². The van der Waals surface area contributed by atoms with E-state index in [0.717, 1.165) is 25.7 Å². The molecule has 20 heavy (non-hydrogen) atoms. The van der Waals surface area contributed by atoms with Crippen LogP contribution in [0.4, 0.5) is 11.5 Å². The first-order valence-corrected chi connectivity index (χ1v) is 7.24. The van der Waals surface area contributed by atoms with E-state index in [4.69, 9.17) is 4.74 Å². The summed E-state index contributed by atoms with van der Waals surface area (Å²) in [5.74, 6) is 0.538. The normalized spacial score (nSPS) is 28.0. The van der Waals surface area contributed by atoms with Gasteiger partial charge in [-0.05, 0) is 32.6 Å². The maximum absolute atomic E-state index is 11.3. The van der Waals surface area contributed by atoms with E-state index in [-0.39, 0.29) is 22.8 Å². The fourth-order valence-electron chi connectivity index (χ4n) is 3.27. The number of aryl methyl sites for hydroxylation is 2. The minimum absolute atomic E-state index is 0.0984. The molecule has 0 amide bonds. The molecule has 2 aliphatic heterocycles. The van der Waals surface area contributed by atoms with Gasteiger partial charge in [0.25, 0.3) is 0 Å². The van der Waals surface area contributed by atoms with Crippen LogP contribution in [0.2, 0.25) is 0 Å². The molecule has 0 radical (unpaired) electrons. The number of ether oxygens (including phenoxy) is 1. The first-order valence-electron chi connectivity index (χ1n) is 7.24. The predicted molar refractivity (Wildman–Crippen MR) is 73.8 cm³/mol. The summed E-state index contributed by atoms with van der Waals surface area (Å²) in [6.45, 7) is 4.40. The van der Waals surface area contributed by atoms with Gasteiger partial charge in [-0.3, -0.25) is 10.1 Å². The quantitative estimate of drug-likeness (QED) is 0.660. The van der Waals surface area contributed by atoms with Gasteiger partial charge in [-0.15, -0.1) is 0 Å². The van der Waals surface area contributed by atoms with Crippen molar-refractivity contribution in [3.8, 4) is 0 Å². The summed E-state index contributed by atoms with van der Waals surface area (Å²) < 4.78 is 7.52. The Morgan fingerprint density at radius 2 is 2.35 bits per heavy atom. The largest absolute Gasteiger partial charge is 0.373 e. The molecule has 3 heterocycles. The SMILES string of the molecule is CCCn1nc(C)c([N+](=O)[O-])c1NC1CC2CCC1O2. The fourth-order valence-corrected chi connectivity index (χ4v) is 3.27. The Morgan fingerprint density at radius 1 is 1.55 bits per heavy atom. The van der Waals surface area contributed by atoms with Crippen molar-refractivity contribution in [2.24, 2.45) is 0 Å². The monoisotopic (exact) mass is 280 g/mol. The van der Waals surface area contributed by atoms with E-state index in [9.17, 15) is 10.1 Å². The van der Waals surface area contributed by atoms with Gasteiger partial charge in [0.1, 0.15) is 5.69 Å². The van der Waals surface area contributed by atoms with Crippen molar-refractivity contribution in [1.29, 1.82) is 0 Å². The van der Waals surface area contributed by atoms with Crippen LogP contribution < -0.4 is 5.32 Å². The van der Waals surface area contributed by atoms with Crippen LogP contribution >= 0.6 is 0 Å². The average Bonchev–Trinajstić information content (AvgIpc) is 3.05. The molecule has 3 rings (SSSR count). The van der Waals surface area contributed by atoms with Gasteiger partial charge in [-0.1, -0.05) is 6.92 Å². The number of rotatable bonds is 5. The van der Waals surface area contributed by atoms with Gasteiger partial charge < -0.3 is 10.1 Å². The standard InChI is InChI=1S/C13H20N4O3/c1-3-6-16-13(12(17(18)19)8(2)15-16)14-10-7-9-4-5-11(10)20-9/h9-11,14H,3-7H2,1-2H3. The van der Waals surface area contributed by atoms with Crippen molar-refractivity contribution in [2.45, 2.75) is 64.3 Å². The maximum Gasteiger partial charge on any atom is 0.333 e. The molecule has 1 aromatic heterocycles. The Kier molecular flexibility index (Phi) is 3.37. The Morgan fingerprint density at radius 3 is 2.90 bits per heavy atom. The molecule has 110 valence electrons. The lowest BCUT2D eigenvalue weighted by atomic mass is 9.95. The number of fused-ring (bicyclic) bond motifs is 2. The molecule has 0 aliphatic carbocycles. The second-order valence-electron chi connectivity index (χ2n) is 5.62. The minimum Gasteiger partial charge on any atom is -0.373 e. The average molecular weight is 280 g/mol. The molecule has 0 aromatic carbocycles.